The molecular formula is C15H14BrClFN. The molecule has 1 unspecified atom stereocenters. The SMILES string of the molecule is Cc1ccc(C(N)c2cc(Cl)c(Br)cc2F)cc1C. The van der Waals surface area contributed by atoms with E-state index in [4.69, 9.17) is 17.3 Å². The summed E-state index contributed by atoms with van der Waals surface area (Å²) in [6.07, 6.45) is 0. The molecule has 0 aromatic heterocycles. The van der Waals surface area contributed by atoms with Crippen LogP contribution in [0.4, 0.5) is 4.39 Å². The minimum absolute atomic E-state index is 0.359. The van der Waals surface area contributed by atoms with E-state index in [0.717, 1.165) is 11.1 Å². The normalized spacial score (nSPS) is 12.5. The first-order chi connectivity index (χ1) is 8.90. The maximum Gasteiger partial charge on any atom is 0.129 e. The summed E-state index contributed by atoms with van der Waals surface area (Å²) in [6, 6.07) is 8.28. The highest BCUT2D eigenvalue weighted by Gasteiger charge is 2.16. The number of hydrogen-bond donors (Lipinski definition) is 1. The molecule has 0 amide bonds. The number of hydrogen-bond acceptors (Lipinski definition) is 1. The summed E-state index contributed by atoms with van der Waals surface area (Å²) in [5, 5.41) is 0.454. The van der Waals surface area contributed by atoms with Crippen LogP contribution < -0.4 is 5.73 Å². The van der Waals surface area contributed by atoms with Crippen LogP contribution in [0.25, 0.3) is 0 Å². The first-order valence-electron chi connectivity index (χ1n) is 5.87. The molecule has 0 aliphatic rings. The molecule has 0 aliphatic heterocycles. The van der Waals surface area contributed by atoms with Gasteiger partial charge < -0.3 is 5.73 Å². The topological polar surface area (TPSA) is 26.0 Å². The minimum Gasteiger partial charge on any atom is -0.320 e. The van der Waals surface area contributed by atoms with Crippen LogP contribution in [0.2, 0.25) is 5.02 Å². The lowest BCUT2D eigenvalue weighted by atomic mass is 9.96. The van der Waals surface area contributed by atoms with E-state index in [1.807, 2.05) is 32.0 Å². The van der Waals surface area contributed by atoms with Crippen LogP contribution in [-0.2, 0) is 0 Å². The third-order valence-corrected chi connectivity index (χ3v) is 4.46. The van der Waals surface area contributed by atoms with Gasteiger partial charge in [0.25, 0.3) is 0 Å². The van der Waals surface area contributed by atoms with Gasteiger partial charge in [0.15, 0.2) is 0 Å². The van der Waals surface area contributed by atoms with E-state index in [-0.39, 0.29) is 5.82 Å². The van der Waals surface area contributed by atoms with Crippen LogP contribution in [0.1, 0.15) is 28.3 Å². The monoisotopic (exact) mass is 341 g/mol. The van der Waals surface area contributed by atoms with Crippen LogP contribution in [0.15, 0.2) is 34.8 Å². The largest absolute Gasteiger partial charge is 0.320 e. The van der Waals surface area contributed by atoms with Gasteiger partial charge in [-0.25, -0.2) is 4.39 Å². The second kappa shape index (κ2) is 5.61. The summed E-state index contributed by atoms with van der Waals surface area (Å²) in [7, 11) is 0. The standard InChI is InChI=1S/C15H14BrClFN/c1-8-3-4-10(5-9(8)2)15(19)11-6-13(17)12(16)7-14(11)18/h3-7,15H,19H2,1-2H3. The van der Waals surface area contributed by atoms with Gasteiger partial charge in [-0.15, -0.1) is 0 Å². The van der Waals surface area contributed by atoms with E-state index in [1.54, 1.807) is 6.07 Å². The van der Waals surface area contributed by atoms with Gasteiger partial charge >= 0.3 is 0 Å². The zero-order valence-corrected chi connectivity index (χ0v) is 13.0. The van der Waals surface area contributed by atoms with Crippen molar-refractivity contribution < 1.29 is 4.39 Å². The van der Waals surface area contributed by atoms with Crippen molar-refractivity contribution in [1.82, 2.24) is 0 Å². The molecule has 1 nitrogen and oxygen atoms in total. The van der Waals surface area contributed by atoms with E-state index < -0.39 is 6.04 Å². The minimum atomic E-state index is -0.523. The Labute approximate surface area is 125 Å². The smallest absolute Gasteiger partial charge is 0.129 e. The number of benzene rings is 2. The predicted molar refractivity (Wildman–Crippen MR) is 81.1 cm³/mol. The maximum absolute atomic E-state index is 14.0. The van der Waals surface area contributed by atoms with Crippen LogP contribution in [0, 0.1) is 19.7 Å². The molecule has 100 valence electrons. The van der Waals surface area contributed by atoms with Gasteiger partial charge in [-0.05, 0) is 58.6 Å². The van der Waals surface area contributed by atoms with Crippen LogP contribution in [-0.4, -0.2) is 0 Å². The fraction of sp³-hybridized carbons (Fsp3) is 0.200. The summed E-state index contributed by atoms with van der Waals surface area (Å²) in [5.41, 5.74) is 9.74. The maximum atomic E-state index is 14.0. The molecule has 0 bridgehead atoms. The van der Waals surface area contributed by atoms with Crippen molar-refractivity contribution in [3.05, 3.63) is 67.9 Å². The van der Waals surface area contributed by atoms with Gasteiger partial charge in [0.2, 0.25) is 0 Å². The summed E-state index contributed by atoms with van der Waals surface area (Å²) in [4.78, 5) is 0. The quantitative estimate of drug-likeness (QED) is 0.771. The third-order valence-electron chi connectivity index (χ3n) is 3.26. The van der Waals surface area contributed by atoms with Gasteiger partial charge in [-0.3, -0.25) is 0 Å². The summed E-state index contributed by atoms with van der Waals surface area (Å²) in [5.74, 6) is -0.359. The van der Waals surface area contributed by atoms with Crippen LogP contribution in [0.5, 0.6) is 0 Å². The van der Waals surface area contributed by atoms with E-state index in [9.17, 15) is 4.39 Å². The lowest BCUT2D eigenvalue weighted by Gasteiger charge is -2.16. The Bertz CT molecular complexity index is 628. The van der Waals surface area contributed by atoms with Gasteiger partial charge in [-0.2, -0.15) is 0 Å². The fourth-order valence-electron chi connectivity index (χ4n) is 1.91. The number of rotatable bonds is 2. The molecule has 2 aromatic rings. The average Bonchev–Trinajstić information content (AvgIpc) is 2.36. The van der Waals surface area contributed by atoms with Gasteiger partial charge in [0.1, 0.15) is 5.82 Å². The Morgan fingerprint density at radius 3 is 2.47 bits per heavy atom. The zero-order chi connectivity index (χ0) is 14.2. The molecule has 2 rings (SSSR count). The first kappa shape index (κ1) is 14.5. The van der Waals surface area contributed by atoms with Crippen LogP contribution in [0.3, 0.4) is 0 Å². The van der Waals surface area contributed by atoms with Crippen molar-refractivity contribution in [1.29, 1.82) is 0 Å². The lowest BCUT2D eigenvalue weighted by Crippen LogP contribution is -2.14. The number of nitrogens with two attached hydrogens (primary N) is 1. The molecule has 0 saturated heterocycles. The molecule has 0 fully saturated rings. The van der Waals surface area contributed by atoms with Crippen molar-refractivity contribution in [2.45, 2.75) is 19.9 Å². The van der Waals surface area contributed by atoms with Crippen LogP contribution >= 0.6 is 27.5 Å². The molecule has 2 aromatic carbocycles. The predicted octanol–water partition coefficient (Wildman–Crippen LogP) is 4.91. The lowest BCUT2D eigenvalue weighted by molar-refractivity contribution is 0.599. The van der Waals surface area contributed by atoms with Gasteiger partial charge in [0, 0.05) is 10.0 Å². The van der Waals surface area contributed by atoms with Crippen molar-refractivity contribution >= 4 is 27.5 Å². The van der Waals surface area contributed by atoms with E-state index in [0.29, 0.717) is 15.1 Å². The molecule has 0 heterocycles. The first-order valence-corrected chi connectivity index (χ1v) is 7.04. The van der Waals surface area contributed by atoms with Crippen molar-refractivity contribution in [2.75, 3.05) is 0 Å². The van der Waals surface area contributed by atoms with E-state index in [2.05, 4.69) is 15.9 Å². The summed E-state index contributed by atoms with van der Waals surface area (Å²) < 4.78 is 14.5. The Morgan fingerprint density at radius 2 is 1.84 bits per heavy atom. The Balaban J connectivity index is 2.46. The fourth-order valence-corrected chi connectivity index (χ4v) is 2.40. The van der Waals surface area contributed by atoms with E-state index in [1.165, 1.54) is 11.6 Å². The molecule has 2 N–H and O–H groups in total. The molecule has 4 heteroatoms. The van der Waals surface area contributed by atoms with Crippen molar-refractivity contribution in [2.24, 2.45) is 5.73 Å². The number of halogens is 3. The molecule has 0 saturated carbocycles. The second-order valence-corrected chi connectivity index (χ2v) is 5.87. The third kappa shape index (κ3) is 2.99. The molecule has 1 atom stereocenters. The molecular weight excluding hydrogens is 329 g/mol. The van der Waals surface area contributed by atoms with Crippen molar-refractivity contribution in [3.8, 4) is 0 Å². The molecule has 0 spiro atoms. The average molecular weight is 343 g/mol. The van der Waals surface area contributed by atoms with Crippen molar-refractivity contribution in [3.63, 3.8) is 0 Å². The Morgan fingerprint density at radius 1 is 1.16 bits per heavy atom. The Kier molecular flexibility index (Phi) is 4.29. The summed E-state index contributed by atoms with van der Waals surface area (Å²) >= 11 is 9.20. The molecule has 19 heavy (non-hydrogen) atoms. The highest BCUT2D eigenvalue weighted by molar-refractivity contribution is 9.10. The summed E-state index contributed by atoms with van der Waals surface area (Å²) in [6.45, 7) is 4.04. The zero-order valence-electron chi connectivity index (χ0n) is 10.7. The highest BCUT2D eigenvalue weighted by atomic mass is 79.9. The number of aryl methyl sites for hydroxylation is 2. The van der Waals surface area contributed by atoms with Gasteiger partial charge in [0.05, 0.1) is 11.1 Å². The van der Waals surface area contributed by atoms with E-state index >= 15 is 0 Å². The second-order valence-electron chi connectivity index (χ2n) is 4.61. The Hall–Kier alpha value is -0.900. The molecule has 0 radical (unpaired) electrons. The molecule has 0 aliphatic carbocycles. The highest BCUT2D eigenvalue weighted by Crippen LogP contribution is 2.31. The van der Waals surface area contributed by atoms with Gasteiger partial charge in [-0.1, -0.05) is 29.8 Å².